The third-order valence-corrected chi connectivity index (χ3v) is 6.99. The fourth-order valence-electron chi connectivity index (χ4n) is 2.73. The second-order valence-electron chi connectivity index (χ2n) is 5.67. The Morgan fingerprint density at radius 1 is 1.43 bits per heavy atom. The van der Waals surface area contributed by atoms with E-state index in [9.17, 15) is 24.3 Å². The highest BCUT2D eigenvalue weighted by atomic mass is 79.9. The molecular formula is C15H14BrN5O7S2. The third kappa shape index (κ3) is 4.05. The summed E-state index contributed by atoms with van der Waals surface area (Å²) in [4.78, 5) is 57.4. The van der Waals surface area contributed by atoms with E-state index in [0.29, 0.717) is 10.2 Å². The van der Waals surface area contributed by atoms with Crippen LogP contribution in [0.3, 0.4) is 0 Å². The number of nitrogens with zero attached hydrogens (tertiary/aromatic N) is 3. The number of oxime groups is 1. The standard InChI is InChI=1S/C15H14BrN5O7S2/c1-27-6-3-5(14(25)26)21-12(24)9(13(21)29-6)18-11(23)8(20-28-2)7-10(16)30-15(19-7)17-4-22/h3-4,6,9,13H,1-2H3,(H,18,23)(H,25,26)(H,17,19,22)/b20-8-/t6?,9?,13-/m1/s1. The number of fused-ring (bicyclic) bond motifs is 1. The fourth-order valence-corrected chi connectivity index (χ4v) is 5.39. The number of rotatable bonds is 8. The van der Waals surface area contributed by atoms with E-state index < -0.39 is 34.6 Å². The Balaban J connectivity index is 1.82. The highest BCUT2D eigenvalue weighted by Crippen LogP contribution is 2.41. The average Bonchev–Trinajstić information content (AvgIpc) is 3.08. The van der Waals surface area contributed by atoms with Gasteiger partial charge in [0.1, 0.15) is 39.1 Å². The zero-order valence-corrected chi connectivity index (χ0v) is 18.5. The number of nitrogens with one attached hydrogen (secondary N) is 2. The first-order valence-electron chi connectivity index (χ1n) is 8.07. The van der Waals surface area contributed by atoms with Gasteiger partial charge in [0, 0.05) is 7.11 Å². The van der Waals surface area contributed by atoms with Gasteiger partial charge in [0.2, 0.25) is 6.41 Å². The lowest BCUT2D eigenvalue weighted by Gasteiger charge is -2.49. The van der Waals surface area contributed by atoms with Gasteiger partial charge in [-0.15, -0.1) is 0 Å². The predicted molar refractivity (Wildman–Crippen MR) is 110 cm³/mol. The lowest BCUT2D eigenvalue weighted by atomic mass is 10.0. The second kappa shape index (κ2) is 9.11. The van der Waals surface area contributed by atoms with Crippen molar-refractivity contribution < 1.29 is 33.9 Å². The molecule has 1 saturated heterocycles. The third-order valence-electron chi connectivity index (χ3n) is 4.00. The normalized spacial score (nSPS) is 23.1. The topological polar surface area (TPSA) is 160 Å². The van der Waals surface area contributed by atoms with E-state index in [1.807, 2.05) is 0 Å². The maximum atomic E-state index is 12.8. The largest absolute Gasteiger partial charge is 0.477 e. The van der Waals surface area contributed by atoms with Crippen LogP contribution < -0.4 is 10.6 Å². The molecule has 3 N–H and O–H groups in total. The maximum Gasteiger partial charge on any atom is 0.352 e. The maximum absolute atomic E-state index is 12.8. The number of halogens is 1. The van der Waals surface area contributed by atoms with Crippen molar-refractivity contribution >= 4 is 74.1 Å². The molecule has 2 unspecified atom stereocenters. The predicted octanol–water partition coefficient (Wildman–Crippen LogP) is 0.165. The molecule has 3 heterocycles. The molecule has 0 bridgehead atoms. The summed E-state index contributed by atoms with van der Waals surface area (Å²) in [6.07, 6.45) is 1.76. The molecule has 0 radical (unpaired) electrons. The summed E-state index contributed by atoms with van der Waals surface area (Å²) >= 11 is 5.48. The van der Waals surface area contributed by atoms with Crippen LogP contribution in [0, 0.1) is 0 Å². The minimum absolute atomic E-state index is 0.101. The minimum Gasteiger partial charge on any atom is -0.477 e. The van der Waals surface area contributed by atoms with Gasteiger partial charge in [-0.3, -0.25) is 19.3 Å². The van der Waals surface area contributed by atoms with E-state index in [4.69, 9.17) is 9.57 Å². The number of ether oxygens (including phenoxy) is 1. The minimum atomic E-state index is -1.27. The van der Waals surface area contributed by atoms with Crippen LogP contribution in [-0.4, -0.2) is 76.0 Å². The molecule has 0 aromatic carbocycles. The van der Waals surface area contributed by atoms with Crippen molar-refractivity contribution in [3.63, 3.8) is 0 Å². The van der Waals surface area contributed by atoms with Crippen LogP contribution in [0.15, 0.2) is 20.7 Å². The highest BCUT2D eigenvalue weighted by Gasteiger charge is 2.54. The summed E-state index contributed by atoms with van der Waals surface area (Å²) in [5, 5.41) is 17.5. The second-order valence-corrected chi connectivity index (χ2v) is 9.21. The van der Waals surface area contributed by atoms with Gasteiger partial charge in [-0.25, -0.2) is 9.78 Å². The molecule has 12 nitrogen and oxygen atoms in total. The number of hydrogen-bond acceptors (Lipinski definition) is 10. The van der Waals surface area contributed by atoms with E-state index in [0.717, 1.165) is 16.2 Å². The number of aliphatic carboxylic acids is 1. The monoisotopic (exact) mass is 519 g/mol. The Hall–Kier alpha value is -2.49. The quantitative estimate of drug-likeness (QED) is 0.188. The number of carbonyl (C=O) groups is 4. The summed E-state index contributed by atoms with van der Waals surface area (Å²) < 4.78 is 5.59. The number of hydrogen-bond donors (Lipinski definition) is 3. The zero-order chi connectivity index (χ0) is 22.0. The van der Waals surface area contributed by atoms with Crippen molar-refractivity contribution in [2.24, 2.45) is 5.16 Å². The molecule has 2 aliphatic heterocycles. The Bertz CT molecular complexity index is 965. The summed E-state index contributed by atoms with van der Waals surface area (Å²) in [6, 6.07) is -1.00. The van der Waals surface area contributed by atoms with Crippen LogP contribution in [0.5, 0.6) is 0 Å². The Labute approximate surface area is 185 Å². The van der Waals surface area contributed by atoms with Gasteiger partial charge in [0.05, 0.1) is 0 Å². The van der Waals surface area contributed by atoms with Crippen LogP contribution in [0.25, 0.3) is 0 Å². The highest BCUT2D eigenvalue weighted by molar-refractivity contribution is 9.11. The first kappa shape index (κ1) is 22.2. The summed E-state index contributed by atoms with van der Waals surface area (Å²) in [5.41, 5.74) is -0.936. The van der Waals surface area contributed by atoms with Crippen molar-refractivity contribution in [2.75, 3.05) is 19.5 Å². The van der Waals surface area contributed by atoms with Gasteiger partial charge in [-0.05, 0) is 22.0 Å². The summed E-state index contributed by atoms with van der Waals surface area (Å²) in [6.45, 7) is 0. The molecule has 15 heteroatoms. The Kier molecular flexibility index (Phi) is 6.74. The van der Waals surface area contributed by atoms with Gasteiger partial charge >= 0.3 is 5.97 Å². The number of methoxy groups -OCH3 is 1. The summed E-state index contributed by atoms with van der Waals surface area (Å²) in [5.74, 6) is -2.62. The van der Waals surface area contributed by atoms with Crippen molar-refractivity contribution in [1.82, 2.24) is 15.2 Å². The number of anilines is 1. The number of β-lactam (4-membered cyclic amide) rings is 1. The number of amides is 3. The van der Waals surface area contributed by atoms with E-state index in [1.165, 1.54) is 32.1 Å². The number of carboxylic acids is 1. The molecule has 3 atom stereocenters. The number of thioether (sulfide) groups is 1. The van der Waals surface area contributed by atoms with Gasteiger partial charge in [0.25, 0.3) is 11.8 Å². The smallest absolute Gasteiger partial charge is 0.352 e. The number of aromatic nitrogens is 1. The number of carbonyl (C=O) groups excluding carboxylic acids is 3. The van der Waals surface area contributed by atoms with Crippen LogP contribution in [-0.2, 0) is 28.8 Å². The van der Waals surface area contributed by atoms with Gasteiger partial charge in [-0.2, -0.15) is 0 Å². The van der Waals surface area contributed by atoms with E-state index in [-0.39, 0.29) is 22.2 Å². The lowest BCUT2D eigenvalue weighted by molar-refractivity contribution is -0.150. The zero-order valence-electron chi connectivity index (χ0n) is 15.3. The molecule has 30 heavy (non-hydrogen) atoms. The van der Waals surface area contributed by atoms with E-state index >= 15 is 0 Å². The number of carboxylic acid groups (broad SMARTS) is 1. The van der Waals surface area contributed by atoms with Gasteiger partial charge < -0.3 is 25.3 Å². The average molecular weight is 520 g/mol. The molecule has 1 aromatic rings. The first-order valence-corrected chi connectivity index (χ1v) is 10.6. The van der Waals surface area contributed by atoms with Gasteiger partial charge in [0.15, 0.2) is 10.8 Å². The van der Waals surface area contributed by atoms with Crippen molar-refractivity contribution in [3.8, 4) is 0 Å². The fraction of sp³-hybridized carbons (Fsp3) is 0.333. The van der Waals surface area contributed by atoms with Crippen molar-refractivity contribution in [2.45, 2.75) is 16.9 Å². The Morgan fingerprint density at radius 3 is 2.77 bits per heavy atom. The molecule has 0 aliphatic carbocycles. The van der Waals surface area contributed by atoms with Crippen LogP contribution in [0.1, 0.15) is 5.69 Å². The Morgan fingerprint density at radius 2 is 2.17 bits per heavy atom. The van der Waals surface area contributed by atoms with E-state index in [2.05, 4.69) is 36.7 Å². The van der Waals surface area contributed by atoms with Gasteiger partial charge in [-0.1, -0.05) is 28.3 Å². The van der Waals surface area contributed by atoms with Crippen LogP contribution in [0.2, 0.25) is 0 Å². The van der Waals surface area contributed by atoms with E-state index in [1.54, 1.807) is 0 Å². The molecule has 1 aromatic heterocycles. The molecule has 1 fully saturated rings. The molecule has 0 spiro atoms. The van der Waals surface area contributed by atoms with Crippen molar-refractivity contribution in [3.05, 3.63) is 21.3 Å². The molecular weight excluding hydrogens is 506 g/mol. The first-order chi connectivity index (χ1) is 14.3. The summed E-state index contributed by atoms with van der Waals surface area (Å²) in [7, 11) is 2.64. The molecule has 3 amide bonds. The SMILES string of the molecule is CO/N=C(\C(=O)NC1C(=O)N2C(C(=O)O)=CC(OC)S[C@H]12)c1nc(NC=O)sc1Br. The molecule has 160 valence electrons. The van der Waals surface area contributed by atoms with Crippen LogP contribution >= 0.6 is 39.0 Å². The molecule has 2 aliphatic rings. The lowest BCUT2D eigenvalue weighted by Crippen LogP contribution is -2.71. The number of thiazole rings is 1. The molecule has 0 saturated carbocycles. The van der Waals surface area contributed by atoms with Crippen molar-refractivity contribution in [1.29, 1.82) is 0 Å². The molecule has 3 rings (SSSR count). The van der Waals surface area contributed by atoms with Crippen LogP contribution in [0.4, 0.5) is 5.13 Å².